The quantitative estimate of drug-likeness (QED) is 0.844. The lowest BCUT2D eigenvalue weighted by Gasteiger charge is -2.21. The third-order valence-electron chi connectivity index (χ3n) is 2.51. The van der Waals surface area contributed by atoms with Gasteiger partial charge in [0.25, 0.3) is 0 Å². The molecule has 0 radical (unpaired) electrons. The molecule has 15 heavy (non-hydrogen) atoms. The third-order valence-corrected chi connectivity index (χ3v) is 3.34. The molecule has 1 unspecified atom stereocenters. The van der Waals surface area contributed by atoms with Crippen LogP contribution in [-0.2, 0) is 11.2 Å². The van der Waals surface area contributed by atoms with Gasteiger partial charge < -0.3 is 10.5 Å². The van der Waals surface area contributed by atoms with Gasteiger partial charge in [-0.25, -0.2) is 9.97 Å². The van der Waals surface area contributed by atoms with Crippen molar-refractivity contribution in [2.24, 2.45) is 0 Å². The number of halogens is 1. The highest BCUT2D eigenvalue weighted by Gasteiger charge is 2.16. The number of nitrogens with two attached hydrogens (primary N) is 1. The Morgan fingerprint density at radius 3 is 3.07 bits per heavy atom. The van der Waals surface area contributed by atoms with E-state index in [1.165, 1.54) is 12.8 Å². The molecule has 0 amide bonds. The summed E-state index contributed by atoms with van der Waals surface area (Å²) >= 11 is 2.13. The average Bonchev–Trinajstić information content (AvgIpc) is 2.25. The number of anilines is 1. The summed E-state index contributed by atoms with van der Waals surface area (Å²) in [7, 11) is 0. The SMILES string of the molecule is Nc1nc(CC2CCCCO2)ncc1I. The zero-order valence-electron chi connectivity index (χ0n) is 8.45. The van der Waals surface area contributed by atoms with Gasteiger partial charge in [-0.2, -0.15) is 0 Å². The van der Waals surface area contributed by atoms with Gasteiger partial charge in [0.1, 0.15) is 11.6 Å². The van der Waals surface area contributed by atoms with Crippen molar-refractivity contribution in [3.8, 4) is 0 Å². The van der Waals surface area contributed by atoms with Gasteiger partial charge in [0, 0.05) is 19.2 Å². The fourth-order valence-corrected chi connectivity index (χ4v) is 1.95. The summed E-state index contributed by atoms with van der Waals surface area (Å²) < 4.78 is 6.53. The fourth-order valence-electron chi connectivity index (χ4n) is 1.69. The molecule has 1 aliphatic rings. The summed E-state index contributed by atoms with van der Waals surface area (Å²) in [5.74, 6) is 1.36. The van der Waals surface area contributed by atoms with E-state index in [1.54, 1.807) is 6.20 Å². The topological polar surface area (TPSA) is 61.0 Å². The van der Waals surface area contributed by atoms with Gasteiger partial charge in [0.15, 0.2) is 0 Å². The van der Waals surface area contributed by atoms with Crippen molar-refractivity contribution in [1.82, 2.24) is 9.97 Å². The zero-order valence-corrected chi connectivity index (χ0v) is 10.6. The maximum absolute atomic E-state index is 5.73. The highest BCUT2D eigenvalue weighted by Crippen LogP contribution is 2.17. The number of rotatable bonds is 2. The normalized spacial score (nSPS) is 21.5. The van der Waals surface area contributed by atoms with Gasteiger partial charge in [-0.3, -0.25) is 0 Å². The van der Waals surface area contributed by atoms with E-state index in [4.69, 9.17) is 10.5 Å². The van der Waals surface area contributed by atoms with Gasteiger partial charge in [-0.05, 0) is 41.9 Å². The second-order valence-electron chi connectivity index (χ2n) is 3.71. The largest absolute Gasteiger partial charge is 0.383 e. The molecule has 0 aromatic carbocycles. The van der Waals surface area contributed by atoms with Gasteiger partial charge in [-0.15, -0.1) is 0 Å². The molecule has 0 aliphatic carbocycles. The number of hydrogen-bond acceptors (Lipinski definition) is 4. The summed E-state index contributed by atoms with van der Waals surface area (Å²) in [5.41, 5.74) is 5.73. The van der Waals surface area contributed by atoms with Gasteiger partial charge in [-0.1, -0.05) is 0 Å². The van der Waals surface area contributed by atoms with E-state index in [1.807, 2.05) is 0 Å². The van der Waals surface area contributed by atoms with Crippen LogP contribution in [0.15, 0.2) is 6.20 Å². The number of hydrogen-bond donors (Lipinski definition) is 1. The first-order valence-electron chi connectivity index (χ1n) is 5.14. The molecule has 2 heterocycles. The van der Waals surface area contributed by atoms with Gasteiger partial charge in [0.2, 0.25) is 0 Å². The molecule has 1 aliphatic heterocycles. The summed E-state index contributed by atoms with van der Waals surface area (Å²) in [6.45, 7) is 0.866. The van der Waals surface area contributed by atoms with Crippen LogP contribution in [0.25, 0.3) is 0 Å². The number of nitrogen functional groups attached to an aromatic ring is 1. The molecule has 1 saturated heterocycles. The number of aromatic nitrogens is 2. The van der Waals surface area contributed by atoms with E-state index < -0.39 is 0 Å². The average molecular weight is 319 g/mol. The van der Waals surface area contributed by atoms with E-state index >= 15 is 0 Å². The third kappa shape index (κ3) is 3.01. The molecule has 0 saturated carbocycles. The molecule has 5 heteroatoms. The molecule has 4 nitrogen and oxygen atoms in total. The lowest BCUT2D eigenvalue weighted by Crippen LogP contribution is -2.22. The lowest BCUT2D eigenvalue weighted by atomic mass is 10.1. The van der Waals surface area contributed by atoms with Crippen LogP contribution >= 0.6 is 22.6 Å². The maximum Gasteiger partial charge on any atom is 0.140 e. The minimum absolute atomic E-state index is 0.276. The Balaban J connectivity index is 2.00. The van der Waals surface area contributed by atoms with Crippen LogP contribution in [0.1, 0.15) is 25.1 Å². The molecule has 82 valence electrons. The molecule has 0 bridgehead atoms. The van der Waals surface area contributed by atoms with Crippen molar-refractivity contribution in [2.75, 3.05) is 12.3 Å². The van der Waals surface area contributed by atoms with Crippen LogP contribution in [0.2, 0.25) is 0 Å². The molecule has 1 aromatic heterocycles. The second-order valence-corrected chi connectivity index (χ2v) is 4.87. The Hall–Kier alpha value is -0.430. The summed E-state index contributed by atoms with van der Waals surface area (Å²) in [4.78, 5) is 8.50. The monoisotopic (exact) mass is 319 g/mol. The Kier molecular flexibility index (Phi) is 3.74. The molecule has 1 atom stereocenters. The summed E-state index contributed by atoms with van der Waals surface area (Å²) in [6, 6.07) is 0. The van der Waals surface area contributed by atoms with E-state index in [-0.39, 0.29) is 6.10 Å². The van der Waals surface area contributed by atoms with Crippen LogP contribution in [-0.4, -0.2) is 22.7 Å². The van der Waals surface area contributed by atoms with Gasteiger partial charge >= 0.3 is 0 Å². The zero-order chi connectivity index (χ0) is 10.7. The molecule has 1 fully saturated rings. The molecule has 2 N–H and O–H groups in total. The van der Waals surface area contributed by atoms with Crippen LogP contribution in [0, 0.1) is 3.57 Å². The van der Waals surface area contributed by atoms with Gasteiger partial charge in [0.05, 0.1) is 9.67 Å². The van der Waals surface area contributed by atoms with E-state index in [0.717, 1.165) is 28.8 Å². The summed E-state index contributed by atoms with van der Waals surface area (Å²) in [5, 5.41) is 0. The van der Waals surface area contributed by atoms with Crippen molar-refractivity contribution in [3.05, 3.63) is 15.6 Å². The predicted molar refractivity (Wildman–Crippen MR) is 66.5 cm³/mol. The first kappa shape index (κ1) is 11.1. The first-order valence-corrected chi connectivity index (χ1v) is 6.22. The van der Waals surface area contributed by atoms with Crippen LogP contribution in [0.3, 0.4) is 0 Å². The van der Waals surface area contributed by atoms with Crippen molar-refractivity contribution in [2.45, 2.75) is 31.8 Å². The molecule has 1 aromatic rings. The molecule has 2 rings (SSSR count). The summed E-state index contributed by atoms with van der Waals surface area (Å²) in [6.07, 6.45) is 6.34. The van der Waals surface area contributed by atoms with Crippen molar-refractivity contribution >= 4 is 28.4 Å². The van der Waals surface area contributed by atoms with E-state index in [9.17, 15) is 0 Å². The minimum atomic E-state index is 0.276. The van der Waals surface area contributed by atoms with Crippen molar-refractivity contribution in [1.29, 1.82) is 0 Å². The van der Waals surface area contributed by atoms with E-state index in [2.05, 4.69) is 32.6 Å². The number of nitrogens with zero attached hydrogens (tertiary/aromatic N) is 2. The lowest BCUT2D eigenvalue weighted by molar-refractivity contribution is 0.0156. The number of ether oxygens (including phenoxy) is 1. The van der Waals surface area contributed by atoms with Crippen LogP contribution in [0.4, 0.5) is 5.82 Å². The standard InChI is InChI=1S/C10H14IN3O/c11-8-6-13-9(14-10(8)12)5-7-3-1-2-4-15-7/h6-7H,1-5H2,(H2,12,13,14). The molecule has 0 spiro atoms. The predicted octanol–water partition coefficient (Wildman–Crippen LogP) is 1.77. The minimum Gasteiger partial charge on any atom is -0.383 e. The Morgan fingerprint density at radius 1 is 1.53 bits per heavy atom. The second kappa shape index (κ2) is 5.07. The van der Waals surface area contributed by atoms with Crippen molar-refractivity contribution < 1.29 is 4.74 Å². The Morgan fingerprint density at radius 2 is 2.40 bits per heavy atom. The highest BCUT2D eigenvalue weighted by molar-refractivity contribution is 14.1. The fraction of sp³-hybridized carbons (Fsp3) is 0.600. The van der Waals surface area contributed by atoms with Crippen LogP contribution in [0.5, 0.6) is 0 Å². The Labute approximate surface area is 103 Å². The molecular formula is C10H14IN3O. The Bertz CT molecular complexity index is 339. The smallest absolute Gasteiger partial charge is 0.140 e. The highest BCUT2D eigenvalue weighted by atomic mass is 127. The maximum atomic E-state index is 5.73. The van der Waals surface area contributed by atoms with Crippen LogP contribution < -0.4 is 5.73 Å². The van der Waals surface area contributed by atoms with E-state index in [0.29, 0.717) is 5.82 Å². The first-order chi connectivity index (χ1) is 7.25. The molecular weight excluding hydrogens is 305 g/mol. The van der Waals surface area contributed by atoms with Crippen molar-refractivity contribution in [3.63, 3.8) is 0 Å².